The number of carbonyl (C=O) groups excluding carboxylic acids is 1. The van der Waals surface area contributed by atoms with Crippen LogP contribution < -0.4 is 0 Å². The minimum Gasteiger partial charge on any atom is -0.299 e. The van der Waals surface area contributed by atoms with E-state index in [4.69, 9.17) is 0 Å². The quantitative estimate of drug-likeness (QED) is 0.703. The number of carbonyl (C=O) groups is 1. The summed E-state index contributed by atoms with van der Waals surface area (Å²) in [6.45, 7) is 11.3. The molecule has 2 aliphatic rings. The fraction of sp³-hybridized carbons (Fsp3) is 0.933. The predicted octanol–water partition coefficient (Wildman–Crippen LogP) is 4.06. The molecule has 92 valence electrons. The van der Waals surface area contributed by atoms with E-state index in [0.29, 0.717) is 22.5 Å². The number of fused-ring (bicyclic) bond motifs is 2. The zero-order valence-electron chi connectivity index (χ0n) is 11.5. The fourth-order valence-corrected chi connectivity index (χ4v) is 4.16. The molecule has 2 rings (SSSR count). The Labute approximate surface area is 100.0 Å². The van der Waals surface area contributed by atoms with Crippen LogP contribution in [0.3, 0.4) is 0 Å². The van der Waals surface area contributed by atoms with Crippen LogP contribution in [0, 0.1) is 28.6 Å². The molecule has 2 bridgehead atoms. The van der Waals surface area contributed by atoms with Gasteiger partial charge in [0, 0.05) is 12.3 Å². The lowest BCUT2D eigenvalue weighted by Crippen LogP contribution is -2.33. The van der Waals surface area contributed by atoms with Crippen LogP contribution >= 0.6 is 0 Å². The van der Waals surface area contributed by atoms with E-state index >= 15 is 0 Å². The minimum absolute atomic E-state index is 0.214. The monoisotopic (exact) mass is 222 g/mol. The van der Waals surface area contributed by atoms with E-state index in [1.165, 1.54) is 19.3 Å². The molecule has 0 spiro atoms. The molecule has 0 heterocycles. The normalized spacial score (nSPS) is 40.6. The third-order valence-electron chi connectivity index (χ3n) is 6.07. The molecule has 0 aliphatic heterocycles. The highest BCUT2D eigenvalue weighted by molar-refractivity contribution is 5.80. The Bertz CT molecular complexity index is 303. The van der Waals surface area contributed by atoms with Gasteiger partial charge in [-0.25, -0.2) is 0 Å². The lowest BCUT2D eigenvalue weighted by atomic mass is 9.65. The first kappa shape index (κ1) is 12.1. The Balaban J connectivity index is 2.13. The molecule has 16 heavy (non-hydrogen) atoms. The van der Waals surface area contributed by atoms with Gasteiger partial charge in [-0.15, -0.1) is 0 Å². The molecule has 2 aliphatic carbocycles. The van der Waals surface area contributed by atoms with Crippen LogP contribution in [0.4, 0.5) is 0 Å². The van der Waals surface area contributed by atoms with Crippen molar-refractivity contribution in [3.05, 3.63) is 0 Å². The van der Waals surface area contributed by atoms with Crippen LogP contribution in [-0.4, -0.2) is 5.78 Å². The summed E-state index contributed by atoms with van der Waals surface area (Å²) >= 11 is 0. The topological polar surface area (TPSA) is 17.1 Å². The maximum atomic E-state index is 11.9. The smallest absolute Gasteiger partial charge is 0.135 e. The van der Waals surface area contributed by atoms with E-state index in [1.54, 1.807) is 0 Å². The number of hydrogen-bond donors (Lipinski definition) is 0. The molecule has 2 saturated carbocycles. The molecule has 0 aromatic carbocycles. The van der Waals surface area contributed by atoms with Gasteiger partial charge in [-0.2, -0.15) is 0 Å². The molecular weight excluding hydrogens is 196 g/mol. The third kappa shape index (κ3) is 1.47. The van der Waals surface area contributed by atoms with E-state index in [0.717, 1.165) is 12.3 Å². The van der Waals surface area contributed by atoms with Crippen LogP contribution in [0.2, 0.25) is 0 Å². The molecule has 0 aromatic heterocycles. The van der Waals surface area contributed by atoms with Crippen LogP contribution in [0.1, 0.15) is 60.3 Å². The molecule has 3 atom stereocenters. The van der Waals surface area contributed by atoms with E-state index in [-0.39, 0.29) is 5.92 Å². The van der Waals surface area contributed by atoms with Crippen molar-refractivity contribution in [3.63, 3.8) is 0 Å². The number of hydrogen-bond acceptors (Lipinski definition) is 1. The van der Waals surface area contributed by atoms with E-state index < -0.39 is 0 Å². The van der Waals surface area contributed by atoms with Gasteiger partial charge < -0.3 is 0 Å². The highest BCUT2D eigenvalue weighted by Crippen LogP contribution is 2.68. The first-order valence-electron chi connectivity index (χ1n) is 6.81. The van der Waals surface area contributed by atoms with Crippen molar-refractivity contribution >= 4 is 5.78 Å². The minimum atomic E-state index is 0.214. The van der Waals surface area contributed by atoms with Gasteiger partial charge in [-0.05, 0) is 41.9 Å². The fourth-order valence-electron chi connectivity index (χ4n) is 4.16. The van der Waals surface area contributed by atoms with Crippen molar-refractivity contribution < 1.29 is 4.79 Å². The molecule has 0 saturated heterocycles. The second-order valence-corrected chi connectivity index (χ2v) is 7.13. The summed E-state index contributed by atoms with van der Waals surface area (Å²) in [4.78, 5) is 11.9. The molecule has 0 N–H and O–H groups in total. The van der Waals surface area contributed by atoms with Crippen molar-refractivity contribution in [2.45, 2.75) is 60.3 Å². The van der Waals surface area contributed by atoms with Crippen LogP contribution in [-0.2, 0) is 4.79 Å². The lowest BCUT2D eigenvalue weighted by Gasteiger charge is -2.39. The summed E-state index contributed by atoms with van der Waals surface area (Å²) in [5, 5.41) is 0. The van der Waals surface area contributed by atoms with E-state index in [2.05, 4.69) is 20.8 Å². The number of Topliss-reactive ketones (excluding diaryl/α,β-unsaturated/α-hetero) is 1. The predicted molar refractivity (Wildman–Crippen MR) is 67.2 cm³/mol. The van der Waals surface area contributed by atoms with E-state index in [9.17, 15) is 4.79 Å². The van der Waals surface area contributed by atoms with Crippen molar-refractivity contribution in [2.24, 2.45) is 28.6 Å². The average molecular weight is 222 g/mol. The SMILES string of the molecule is CC(C)C(=O)CC1CC2CCC1(C)C2(C)C. The number of rotatable bonds is 3. The third-order valence-corrected chi connectivity index (χ3v) is 6.07. The van der Waals surface area contributed by atoms with Crippen LogP contribution in [0.5, 0.6) is 0 Å². The van der Waals surface area contributed by atoms with Crippen molar-refractivity contribution in [1.82, 2.24) is 0 Å². The average Bonchev–Trinajstić information content (AvgIpc) is 2.50. The van der Waals surface area contributed by atoms with Crippen molar-refractivity contribution in [3.8, 4) is 0 Å². The summed E-state index contributed by atoms with van der Waals surface area (Å²) in [5.74, 6) is 2.19. The van der Waals surface area contributed by atoms with Gasteiger partial charge in [-0.3, -0.25) is 4.79 Å². The van der Waals surface area contributed by atoms with E-state index in [1.807, 2.05) is 13.8 Å². The van der Waals surface area contributed by atoms with Gasteiger partial charge in [0.25, 0.3) is 0 Å². The van der Waals surface area contributed by atoms with Gasteiger partial charge in [0.15, 0.2) is 0 Å². The summed E-state index contributed by atoms with van der Waals surface area (Å²) in [6, 6.07) is 0. The van der Waals surface area contributed by atoms with Gasteiger partial charge in [0.1, 0.15) is 5.78 Å². The first-order chi connectivity index (χ1) is 7.29. The maximum Gasteiger partial charge on any atom is 0.135 e. The highest BCUT2D eigenvalue weighted by Gasteiger charge is 2.61. The summed E-state index contributed by atoms with van der Waals surface area (Å²) < 4.78 is 0. The Morgan fingerprint density at radius 1 is 1.31 bits per heavy atom. The van der Waals surface area contributed by atoms with Gasteiger partial charge in [0.05, 0.1) is 0 Å². The molecule has 2 fully saturated rings. The molecule has 0 radical (unpaired) electrons. The second-order valence-electron chi connectivity index (χ2n) is 7.13. The Hall–Kier alpha value is -0.330. The summed E-state index contributed by atoms with van der Waals surface area (Å²) in [7, 11) is 0. The molecular formula is C15H26O. The Morgan fingerprint density at radius 2 is 1.94 bits per heavy atom. The Morgan fingerprint density at radius 3 is 2.31 bits per heavy atom. The van der Waals surface area contributed by atoms with Crippen LogP contribution in [0.15, 0.2) is 0 Å². The van der Waals surface area contributed by atoms with Crippen LogP contribution in [0.25, 0.3) is 0 Å². The molecule has 0 amide bonds. The molecule has 1 nitrogen and oxygen atoms in total. The zero-order valence-corrected chi connectivity index (χ0v) is 11.5. The highest BCUT2D eigenvalue weighted by atomic mass is 16.1. The molecule has 1 heteroatoms. The summed E-state index contributed by atoms with van der Waals surface area (Å²) in [5.41, 5.74) is 0.872. The second kappa shape index (κ2) is 3.58. The largest absolute Gasteiger partial charge is 0.299 e. The van der Waals surface area contributed by atoms with Gasteiger partial charge in [0.2, 0.25) is 0 Å². The number of ketones is 1. The molecule has 3 unspecified atom stereocenters. The summed E-state index contributed by atoms with van der Waals surface area (Å²) in [6.07, 6.45) is 4.84. The molecule has 0 aromatic rings. The standard InChI is InChI=1S/C15H26O/c1-10(2)13(16)9-12-8-11-6-7-15(12,5)14(11,3)4/h10-12H,6-9H2,1-5H3. The first-order valence-corrected chi connectivity index (χ1v) is 6.81. The maximum absolute atomic E-state index is 11.9. The van der Waals surface area contributed by atoms with Gasteiger partial charge >= 0.3 is 0 Å². The zero-order chi connectivity index (χ0) is 12.1. The van der Waals surface area contributed by atoms with Crippen molar-refractivity contribution in [2.75, 3.05) is 0 Å². The Kier molecular flexibility index (Phi) is 2.72. The van der Waals surface area contributed by atoms with Gasteiger partial charge in [-0.1, -0.05) is 34.6 Å². The van der Waals surface area contributed by atoms with Crippen molar-refractivity contribution in [1.29, 1.82) is 0 Å². The lowest BCUT2D eigenvalue weighted by molar-refractivity contribution is -0.124.